The number of nitrogens with zero attached hydrogens (tertiary/aromatic N) is 1. The Hall–Kier alpha value is -2.53. The zero-order chi connectivity index (χ0) is 17.9. The average molecular weight is 364 g/mol. The molecule has 0 bridgehead atoms. The normalized spacial score (nSPS) is 16.5. The molecule has 0 amide bonds. The molecule has 5 heteroatoms. The van der Waals surface area contributed by atoms with Gasteiger partial charge in [-0.3, -0.25) is 9.79 Å². The van der Waals surface area contributed by atoms with E-state index >= 15 is 0 Å². The number of ketones is 1. The lowest BCUT2D eigenvalue weighted by molar-refractivity contribution is 0.101. The molecule has 0 aliphatic carbocycles. The third-order valence-electron chi connectivity index (χ3n) is 4.47. The predicted octanol–water partition coefficient (Wildman–Crippen LogP) is 4.54. The zero-order valence-electron chi connectivity index (χ0n) is 14.6. The van der Waals surface area contributed by atoms with E-state index in [0.717, 1.165) is 28.1 Å². The monoisotopic (exact) mass is 364 g/mol. The summed E-state index contributed by atoms with van der Waals surface area (Å²) in [6.07, 6.45) is 4.69. The van der Waals surface area contributed by atoms with Gasteiger partial charge in [0, 0.05) is 40.3 Å². The number of thioether (sulfide) groups is 1. The summed E-state index contributed by atoms with van der Waals surface area (Å²) in [5, 5.41) is 1.01. The summed E-state index contributed by atoms with van der Waals surface area (Å²) in [4.78, 5) is 21.4. The van der Waals surface area contributed by atoms with E-state index in [9.17, 15) is 4.79 Å². The number of H-pyrrole nitrogens is 1. The summed E-state index contributed by atoms with van der Waals surface area (Å²) in [5.41, 5.74) is 3.15. The predicted molar refractivity (Wildman–Crippen MR) is 107 cm³/mol. The van der Waals surface area contributed by atoms with Gasteiger partial charge < -0.3 is 9.72 Å². The Labute approximate surface area is 156 Å². The summed E-state index contributed by atoms with van der Waals surface area (Å²) in [6, 6.07) is 14.0. The molecule has 2 aromatic carbocycles. The maximum absolute atomic E-state index is 12.6. The van der Waals surface area contributed by atoms with Gasteiger partial charge in [-0.25, -0.2) is 0 Å². The van der Waals surface area contributed by atoms with Crippen LogP contribution in [0.3, 0.4) is 0 Å². The van der Waals surface area contributed by atoms with Crippen LogP contribution in [0, 0.1) is 0 Å². The number of rotatable bonds is 6. The summed E-state index contributed by atoms with van der Waals surface area (Å²) in [5.74, 6) is 0.861. The number of aromatic nitrogens is 1. The quantitative estimate of drug-likeness (QED) is 0.654. The molecule has 1 aliphatic heterocycles. The van der Waals surface area contributed by atoms with Crippen LogP contribution in [-0.4, -0.2) is 35.4 Å². The van der Waals surface area contributed by atoms with E-state index < -0.39 is 0 Å². The van der Waals surface area contributed by atoms with E-state index in [4.69, 9.17) is 4.74 Å². The van der Waals surface area contributed by atoms with Crippen molar-refractivity contribution < 1.29 is 9.53 Å². The standard InChI is InChI=1S/C21H20N2O2S/c1-2-25-15-7-8-19-17(11-15)21(24)20(26-19)13-22-10-9-14-12-23-18-6-4-3-5-16(14)18/h3-8,11-13,20,23H,2,9-10H2,1H3/t20-/m0/s1. The Morgan fingerprint density at radius 3 is 3.04 bits per heavy atom. The number of carbonyl (C=O) groups is 1. The number of benzene rings is 2. The van der Waals surface area contributed by atoms with Gasteiger partial charge in [-0.05, 0) is 43.2 Å². The van der Waals surface area contributed by atoms with Crippen LogP contribution in [0.4, 0.5) is 0 Å². The fourth-order valence-corrected chi connectivity index (χ4v) is 4.28. The molecule has 0 spiro atoms. The Kier molecular flexibility index (Phi) is 4.80. The highest BCUT2D eigenvalue weighted by Crippen LogP contribution is 2.38. The van der Waals surface area contributed by atoms with E-state index in [1.165, 1.54) is 10.9 Å². The van der Waals surface area contributed by atoms with Gasteiger partial charge in [-0.2, -0.15) is 0 Å². The van der Waals surface area contributed by atoms with Gasteiger partial charge in [0.25, 0.3) is 0 Å². The van der Waals surface area contributed by atoms with E-state index in [0.29, 0.717) is 13.2 Å². The van der Waals surface area contributed by atoms with Crippen molar-refractivity contribution in [2.24, 2.45) is 4.99 Å². The molecule has 0 saturated heterocycles. The number of ether oxygens (including phenoxy) is 1. The maximum Gasteiger partial charge on any atom is 0.182 e. The van der Waals surface area contributed by atoms with Crippen molar-refractivity contribution in [3.63, 3.8) is 0 Å². The number of hydrogen-bond donors (Lipinski definition) is 1. The van der Waals surface area contributed by atoms with Gasteiger partial charge >= 0.3 is 0 Å². The van der Waals surface area contributed by atoms with Crippen LogP contribution in [0.25, 0.3) is 10.9 Å². The zero-order valence-corrected chi connectivity index (χ0v) is 15.4. The van der Waals surface area contributed by atoms with E-state index in [1.807, 2.05) is 43.5 Å². The number of aromatic amines is 1. The first-order valence-corrected chi connectivity index (χ1v) is 9.67. The highest BCUT2D eigenvalue weighted by molar-refractivity contribution is 8.02. The Balaban J connectivity index is 1.39. The molecule has 0 unspecified atom stereocenters. The molecule has 132 valence electrons. The minimum atomic E-state index is -0.232. The summed E-state index contributed by atoms with van der Waals surface area (Å²) < 4.78 is 5.49. The molecule has 4 rings (SSSR count). The molecule has 0 saturated carbocycles. The fraction of sp³-hybridized carbons (Fsp3) is 0.238. The van der Waals surface area contributed by atoms with E-state index in [2.05, 4.69) is 22.1 Å². The maximum atomic E-state index is 12.6. The molecule has 26 heavy (non-hydrogen) atoms. The van der Waals surface area contributed by atoms with Crippen molar-refractivity contribution >= 4 is 34.7 Å². The molecular formula is C21H20N2O2S. The topological polar surface area (TPSA) is 54.4 Å². The van der Waals surface area contributed by atoms with Crippen molar-refractivity contribution in [2.75, 3.05) is 13.2 Å². The number of para-hydroxylation sites is 1. The Morgan fingerprint density at radius 2 is 2.15 bits per heavy atom. The second kappa shape index (κ2) is 7.38. The van der Waals surface area contributed by atoms with Crippen LogP contribution in [0.15, 0.2) is 58.5 Å². The molecule has 1 aliphatic rings. The lowest BCUT2D eigenvalue weighted by Crippen LogP contribution is -2.13. The molecule has 0 fully saturated rings. The fourth-order valence-electron chi connectivity index (χ4n) is 3.20. The molecule has 1 N–H and O–H groups in total. The smallest absolute Gasteiger partial charge is 0.182 e. The van der Waals surface area contributed by atoms with Gasteiger partial charge in [-0.15, -0.1) is 11.8 Å². The second-order valence-electron chi connectivity index (χ2n) is 6.16. The van der Waals surface area contributed by atoms with Crippen LogP contribution in [-0.2, 0) is 6.42 Å². The highest BCUT2D eigenvalue weighted by atomic mass is 32.2. The SMILES string of the molecule is CCOc1ccc2c(c1)C(=O)[C@H](C=NCCc1c[nH]c3ccccc13)S2. The van der Waals surface area contributed by atoms with Crippen LogP contribution < -0.4 is 4.74 Å². The van der Waals surface area contributed by atoms with Gasteiger partial charge in [0.2, 0.25) is 0 Å². The minimum Gasteiger partial charge on any atom is -0.494 e. The first-order valence-electron chi connectivity index (χ1n) is 8.79. The largest absolute Gasteiger partial charge is 0.494 e. The number of fused-ring (bicyclic) bond motifs is 2. The van der Waals surface area contributed by atoms with Crippen LogP contribution in [0.5, 0.6) is 5.75 Å². The third-order valence-corrected chi connectivity index (χ3v) is 5.67. The summed E-state index contributed by atoms with van der Waals surface area (Å²) >= 11 is 1.56. The summed E-state index contributed by atoms with van der Waals surface area (Å²) in [6.45, 7) is 3.21. The van der Waals surface area contributed by atoms with Crippen molar-refractivity contribution in [1.82, 2.24) is 4.98 Å². The van der Waals surface area contributed by atoms with Crippen LogP contribution in [0.2, 0.25) is 0 Å². The first-order chi connectivity index (χ1) is 12.8. The van der Waals surface area contributed by atoms with Crippen molar-refractivity contribution in [3.05, 3.63) is 59.8 Å². The Bertz CT molecular complexity index is 977. The molecule has 1 atom stereocenters. The number of carbonyl (C=O) groups excluding carboxylic acids is 1. The first kappa shape index (κ1) is 16.9. The minimum absolute atomic E-state index is 0.113. The van der Waals surface area contributed by atoms with Crippen molar-refractivity contribution in [2.45, 2.75) is 23.5 Å². The lowest BCUT2D eigenvalue weighted by atomic mass is 10.1. The average Bonchev–Trinajstić information content (AvgIpc) is 3.21. The van der Waals surface area contributed by atoms with Crippen molar-refractivity contribution in [3.8, 4) is 5.75 Å². The van der Waals surface area contributed by atoms with Crippen LogP contribution in [0.1, 0.15) is 22.8 Å². The van der Waals surface area contributed by atoms with Crippen molar-refractivity contribution in [1.29, 1.82) is 0 Å². The van der Waals surface area contributed by atoms with Gasteiger partial charge in [0.15, 0.2) is 5.78 Å². The molecule has 4 nitrogen and oxygen atoms in total. The lowest BCUT2D eigenvalue weighted by Gasteiger charge is -2.03. The third kappa shape index (κ3) is 3.27. The number of aliphatic imine (C=N–C) groups is 1. The van der Waals surface area contributed by atoms with Gasteiger partial charge in [-0.1, -0.05) is 18.2 Å². The van der Waals surface area contributed by atoms with Gasteiger partial charge in [0.05, 0.1) is 6.61 Å². The summed E-state index contributed by atoms with van der Waals surface area (Å²) in [7, 11) is 0. The molecule has 0 radical (unpaired) electrons. The number of nitrogens with one attached hydrogen (secondary N) is 1. The molecule has 2 heterocycles. The molecular weight excluding hydrogens is 344 g/mol. The van der Waals surface area contributed by atoms with Gasteiger partial charge in [0.1, 0.15) is 11.0 Å². The number of hydrogen-bond acceptors (Lipinski definition) is 4. The van der Waals surface area contributed by atoms with Crippen LogP contribution >= 0.6 is 11.8 Å². The number of Topliss-reactive ketones (excluding diaryl/α,β-unsaturated/α-hetero) is 1. The molecule has 3 aromatic rings. The van der Waals surface area contributed by atoms with E-state index in [-0.39, 0.29) is 11.0 Å². The highest BCUT2D eigenvalue weighted by Gasteiger charge is 2.30. The van der Waals surface area contributed by atoms with E-state index in [1.54, 1.807) is 18.0 Å². The second-order valence-corrected chi connectivity index (χ2v) is 7.34. The molecule has 1 aromatic heterocycles. The Morgan fingerprint density at radius 1 is 1.27 bits per heavy atom.